The standard InChI is InChI=1S/C13H17NO/c1-11(15)10-14-8-6-12-4-2-3-5-13(12)7-9-14/h2-5H,6-10H2,1H3. The van der Waals surface area contributed by atoms with Gasteiger partial charge in [0.25, 0.3) is 0 Å². The van der Waals surface area contributed by atoms with E-state index in [0.717, 1.165) is 25.9 Å². The fourth-order valence-corrected chi connectivity index (χ4v) is 2.19. The van der Waals surface area contributed by atoms with Crippen molar-refractivity contribution >= 4 is 5.78 Å². The van der Waals surface area contributed by atoms with E-state index in [-0.39, 0.29) is 5.78 Å². The monoisotopic (exact) mass is 203 g/mol. The van der Waals surface area contributed by atoms with Crippen LogP contribution in [0.2, 0.25) is 0 Å². The highest BCUT2D eigenvalue weighted by Gasteiger charge is 2.13. The van der Waals surface area contributed by atoms with E-state index in [1.807, 2.05) is 0 Å². The molecule has 2 heteroatoms. The molecule has 0 aromatic heterocycles. The first-order valence-electron chi connectivity index (χ1n) is 5.54. The van der Waals surface area contributed by atoms with E-state index in [4.69, 9.17) is 0 Å². The van der Waals surface area contributed by atoms with Crippen molar-refractivity contribution in [2.45, 2.75) is 19.8 Å². The number of benzene rings is 1. The lowest BCUT2D eigenvalue weighted by Gasteiger charge is -2.17. The van der Waals surface area contributed by atoms with E-state index in [2.05, 4.69) is 29.2 Å². The molecule has 0 N–H and O–H groups in total. The van der Waals surface area contributed by atoms with Gasteiger partial charge in [-0.3, -0.25) is 9.69 Å². The van der Waals surface area contributed by atoms with Gasteiger partial charge in [0.05, 0.1) is 6.54 Å². The number of ketones is 1. The molecule has 2 nitrogen and oxygen atoms in total. The Morgan fingerprint density at radius 1 is 1.20 bits per heavy atom. The molecule has 0 fully saturated rings. The topological polar surface area (TPSA) is 20.3 Å². The first-order valence-corrected chi connectivity index (χ1v) is 5.54. The minimum absolute atomic E-state index is 0.265. The Balaban J connectivity index is 2.05. The van der Waals surface area contributed by atoms with Crippen LogP contribution in [0.1, 0.15) is 18.1 Å². The predicted octanol–water partition coefficient (Wildman–Crippen LogP) is 1.68. The minimum atomic E-state index is 0.265. The van der Waals surface area contributed by atoms with Crippen molar-refractivity contribution < 1.29 is 4.79 Å². The summed E-state index contributed by atoms with van der Waals surface area (Å²) >= 11 is 0. The zero-order chi connectivity index (χ0) is 10.7. The molecule has 0 bridgehead atoms. The molecule has 80 valence electrons. The van der Waals surface area contributed by atoms with Gasteiger partial charge in [-0.2, -0.15) is 0 Å². The quantitative estimate of drug-likeness (QED) is 0.729. The van der Waals surface area contributed by atoms with Crippen LogP contribution in [0.3, 0.4) is 0 Å². The smallest absolute Gasteiger partial charge is 0.143 e. The summed E-state index contributed by atoms with van der Waals surface area (Å²) in [5.41, 5.74) is 2.90. The molecule has 2 rings (SSSR count). The highest BCUT2D eigenvalue weighted by Crippen LogP contribution is 2.15. The fraction of sp³-hybridized carbons (Fsp3) is 0.462. The maximum atomic E-state index is 11.1. The van der Waals surface area contributed by atoms with Gasteiger partial charge in [0, 0.05) is 13.1 Å². The Hall–Kier alpha value is -1.15. The van der Waals surface area contributed by atoms with Crippen LogP contribution in [0.15, 0.2) is 24.3 Å². The van der Waals surface area contributed by atoms with Gasteiger partial charge in [0.1, 0.15) is 5.78 Å². The van der Waals surface area contributed by atoms with Crippen LogP contribution in [0.4, 0.5) is 0 Å². The van der Waals surface area contributed by atoms with Gasteiger partial charge in [-0.15, -0.1) is 0 Å². The van der Waals surface area contributed by atoms with Gasteiger partial charge in [0.2, 0.25) is 0 Å². The van der Waals surface area contributed by atoms with Crippen LogP contribution >= 0.6 is 0 Å². The Labute approximate surface area is 90.9 Å². The van der Waals surface area contributed by atoms with Crippen molar-refractivity contribution in [3.05, 3.63) is 35.4 Å². The summed E-state index contributed by atoms with van der Waals surface area (Å²) in [6.45, 7) is 4.29. The lowest BCUT2D eigenvalue weighted by Crippen LogP contribution is -2.31. The number of hydrogen-bond acceptors (Lipinski definition) is 2. The van der Waals surface area contributed by atoms with Crippen LogP contribution in [0.25, 0.3) is 0 Å². The molecule has 1 aromatic rings. The lowest BCUT2D eigenvalue weighted by molar-refractivity contribution is -0.118. The van der Waals surface area contributed by atoms with Gasteiger partial charge >= 0.3 is 0 Å². The lowest BCUT2D eigenvalue weighted by atomic mass is 10.0. The third kappa shape index (κ3) is 2.66. The first kappa shape index (κ1) is 10.4. The number of Topliss-reactive ketones (excluding diaryl/α,β-unsaturated/α-hetero) is 1. The Morgan fingerprint density at radius 2 is 1.73 bits per heavy atom. The van der Waals surface area contributed by atoms with Crippen molar-refractivity contribution in [2.24, 2.45) is 0 Å². The predicted molar refractivity (Wildman–Crippen MR) is 61.0 cm³/mol. The molecule has 0 amide bonds. The van der Waals surface area contributed by atoms with Gasteiger partial charge < -0.3 is 0 Å². The molecule has 15 heavy (non-hydrogen) atoms. The summed E-state index contributed by atoms with van der Waals surface area (Å²) in [4.78, 5) is 13.3. The molecule has 0 radical (unpaired) electrons. The summed E-state index contributed by atoms with van der Waals surface area (Å²) in [6, 6.07) is 8.60. The van der Waals surface area contributed by atoms with E-state index in [1.165, 1.54) is 11.1 Å². The van der Waals surface area contributed by atoms with E-state index >= 15 is 0 Å². The van der Waals surface area contributed by atoms with E-state index in [0.29, 0.717) is 6.54 Å². The Bertz CT molecular complexity index is 332. The molecule has 0 saturated carbocycles. The number of carbonyl (C=O) groups excluding carboxylic acids is 1. The maximum Gasteiger partial charge on any atom is 0.143 e. The minimum Gasteiger partial charge on any atom is -0.299 e. The van der Waals surface area contributed by atoms with Crippen molar-refractivity contribution in [1.29, 1.82) is 0 Å². The second-order valence-corrected chi connectivity index (χ2v) is 4.25. The highest BCUT2D eigenvalue weighted by atomic mass is 16.1. The second-order valence-electron chi connectivity index (χ2n) is 4.25. The SMILES string of the molecule is CC(=O)CN1CCc2ccccc2CC1. The van der Waals surface area contributed by atoms with Crippen molar-refractivity contribution in [3.63, 3.8) is 0 Å². The summed E-state index contributed by atoms with van der Waals surface area (Å²) in [7, 11) is 0. The van der Waals surface area contributed by atoms with Gasteiger partial charge in [-0.05, 0) is 30.9 Å². The van der Waals surface area contributed by atoms with Crippen LogP contribution in [0.5, 0.6) is 0 Å². The fourth-order valence-electron chi connectivity index (χ4n) is 2.19. The molecule has 0 spiro atoms. The summed E-state index contributed by atoms with van der Waals surface area (Å²) in [5, 5.41) is 0. The van der Waals surface area contributed by atoms with Crippen molar-refractivity contribution in [3.8, 4) is 0 Å². The number of carbonyl (C=O) groups is 1. The van der Waals surface area contributed by atoms with Crippen LogP contribution in [0, 0.1) is 0 Å². The number of fused-ring (bicyclic) bond motifs is 1. The number of nitrogens with zero attached hydrogens (tertiary/aromatic N) is 1. The summed E-state index contributed by atoms with van der Waals surface area (Å²) in [5.74, 6) is 0.265. The molecular weight excluding hydrogens is 186 g/mol. The Kier molecular flexibility index (Phi) is 3.17. The van der Waals surface area contributed by atoms with Crippen LogP contribution < -0.4 is 0 Å². The molecule has 0 saturated heterocycles. The largest absolute Gasteiger partial charge is 0.299 e. The molecule has 1 aliphatic rings. The zero-order valence-electron chi connectivity index (χ0n) is 9.20. The number of rotatable bonds is 2. The third-order valence-electron chi connectivity index (χ3n) is 2.96. The summed E-state index contributed by atoms with van der Waals surface area (Å²) < 4.78 is 0. The average Bonchev–Trinajstić information content (AvgIpc) is 2.41. The van der Waals surface area contributed by atoms with Gasteiger partial charge in [-0.25, -0.2) is 0 Å². The Morgan fingerprint density at radius 3 is 2.20 bits per heavy atom. The molecule has 0 atom stereocenters. The van der Waals surface area contributed by atoms with Crippen molar-refractivity contribution in [1.82, 2.24) is 4.90 Å². The summed E-state index contributed by atoms with van der Waals surface area (Å²) in [6.07, 6.45) is 2.15. The molecule has 0 unspecified atom stereocenters. The highest BCUT2D eigenvalue weighted by molar-refractivity contribution is 5.77. The van der Waals surface area contributed by atoms with E-state index < -0.39 is 0 Å². The zero-order valence-corrected chi connectivity index (χ0v) is 9.20. The average molecular weight is 203 g/mol. The molecule has 1 aliphatic heterocycles. The van der Waals surface area contributed by atoms with Crippen LogP contribution in [-0.2, 0) is 17.6 Å². The second kappa shape index (κ2) is 4.58. The van der Waals surface area contributed by atoms with Gasteiger partial charge in [0.15, 0.2) is 0 Å². The van der Waals surface area contributed by atoms with Crippen molar-refractivity contribution in [2.75, 3.05) is 19.6 Å². The van der Waals surface area contributed by atoms with E-state index in [9.17, 15) is 4.79 Å². The maximum absolute atomic E-state index is 11.1. The normalized spacial score (nSPS) is 16.9. The van der Waals surface area contributed by atoms with E-state index in [1.54, 1.807) is 6.92 Å². The molecule has 1 heterocycles. The molecular formula is C13H17NO. The number of hydrogen-bond donors (Lipinski definition) is 0. The molecule has 1 aromatic carbocycles. The molecule has 0 aliphatic carbocycles. The third-order valence-corrected chi connectivity index (χ3v) is 2.96. The van der Waals surface area contributed by atoms with Gasteiger partial charge in [-0.1, -0.05) is 24.3 Å². The first-order chi connectivity index (χ1) is 7.25. The van der Waals surface area contributed by atoms with Crippen LogP contribution in [-0.4, -0.2) is 30.3 Å².